The van der Waals surface area contributed by atoms with Crippen molar-refractivity contribution in [1.82, 2.24) is 78.1 Å². The maximum absolute atomic E-state index is 13.4. The Balaban J connectivity index is -0.00000425. The topological polar surface area (TPSA) is 605 Å². The highest BCUT2D eigenvalue weighted by Gasteiger charge is 2.25. The molecule has 0 aliphatic carbocycles. The molecule has 1 saturated heterocycles. The van der Waals surface area contributed by atoms with Gasteiger partial charge in [-0.15, -0.1) is 6.58 Å². The zero-order valence-electron chi connectivity index (χ0n) is 74.8. The predicted octanol–water partition coefficient (Wildman–Crippen LogP) is -3.63. The third-order valence-electron chi connectivity index (χ3n) is 17.2. The van der Waals surface area contributed by atoms with Crippen molar-refractivity contribution in [3.8, 4) is 0 Å². The van der Waals surface area contributed by atoms with Crippen LogP contribution in [0.4, 0.5) is 0 Å². The number of nitrogens with zero attached hydrogens (tertiary/aromatic N) is 4. The predicted molar refractivity (Wildman–Crippen MR) is 473 cm³/mol. The molecule has 0 aromatic rings. The first kappa shape index (κ1) is 124. The molecule has 44 nitrogen and oxygen atoms in total. The number of Topliss-reactive ketones (excluding diaryl/α,β-unsaturated/α-hetero) is 3. The van der Waals surface area contributed by atoms with E-state index in [-0.39, 0.29) is 304 Å². The van der Waals surface area contributed by atoms with Crippen molar-refractivity contribution >= 4 is 106 Å². The number of primary amides is 2. The second-order valence-corrected chi connectivity index (χ2v) is 29.4. The molecule has 1 fully saturated rings. The van der Waals surface area contributed by atoms with Crippen molar-refractivity contribution in [2.75, 3.05) is 262 Å². The molecule has 0 saturated carbocycles. The monoisotopic (exact) mass is 1830 g/mol. The van der Waals surface area contributed by atoms with Crippen molar-refractivity contribution in [3.05, 3.63) is 12.7 Å². The van der Waals surface area contributed by atoms with E-state index in [2.05, 4.69) is 78.2 Å². The van der Waals surface area contributed by atoms with Crippen LogP contribution in [0.1, 0.15) is 132 Å². The lowest BCUT2D eigenvalue weighted by atomic mass is 10.1. The highest BCUT2D eigenvalue weighted by molar-refractivity contribution is 7.98. The summed E-state index contributed by atoms with van der Waals surface area (Å²) in [5, 5.41) is 58.7. The van der Waals surface area contributed by atoms with Crippen LogP contribution < -0.4 is 70.0 Å². The average molecular weight is 1830 g/mol. The van der Waals surface area contributed by atoms with Crippen molar-refractivity contribution in [1.29, 1.82) is 0 Å². The summed E-state index contributed by atoms with van der Waals surface area (Å²) >= 11 is 1.86. The van der Waals surface area contributed by atoms with E-state index in [9.17, 15) is 92.0 Å². The Kier molecular flexibility index (Phi) is 85.9. The van der Waals surface area contributed by atoms with Crippen LogP contribution in [-0.2, 0) is 115 Å². The molecule has 1 aliphatic rings. The van der Waals surface area contributed by atoms with Crippen LogP contribution in [-0.4, -0.2) is 410 Å². The van der Waals surface area contributed by atoms with Gasteiger partial charge in [0.25, 0.3) is 0 Å². The third-order valence-corrected chi connectivity index (χ3v) is 17.9. The van der Waals surface area contributed by atoms with E-state index in [1.165, 1.54) is 19.6 Å². The van der Waals surface area contributed by atoms with Gasteiger partial charge in [0.1, 0.15) is 56.6 Å². The van der Waals surface area contributed by atoms with Gasteiger partial charge in [-0.2, -0.15) is 11.8 Å². The molecule has 0 spiro atoms. The van der Waals surface area contributed by atoms with E-state index >= 15 is 0 Å². The molecule has 0 aromatic carbocycles. The third kappa shape index (κ3) is 86.4. The summed E-state index contributed by atoms with van der Waals surface area (Å²) in [5.41, 5.74) is 10.8. The maximum atomic E-state index is 13.4. The summed E-state index contributed by atoms with van der Waals surface area (Å²) < 4.78 is 43.0. The number of hydrogen-bond acceptors (Lipinski definition) is 32. The molecule has 1 rings (SSSR count). The Labute approximate surface area is 747 Å². The average Bonchev–Trinajstić information content (AvgIpc) is 0.899. The van der Waals surface area contributed by atoms with Crippen LogP contribution in [0.5, 0.6) is 0 Å². The molecule has 3 atom stereocenters. The summed E-state index contributed by atoms with van der Waals surface area (Å²) in [5.74, 6) is -6.24. The zero-order chi connectivity index (χ0) is 93.9. The Morgan fingerprint density at radius 1 is 0.397 bits per heavy atom. The fraction of sp³-hybridized carbons (Fsp3) is 0.778. The standard InChI is InChI=1S/C68H122N16O26.C4H11NS.C4H8O.C4H8.CH4/c1-51(85)40-78-53(66(69)100)10-3-6-16-72-59(90)46-106-37-36-105-32-20-75-60(91)47-107-38-34-103-30-18-73-57(88)14-9-13-56(87)71-15-7-5-12-55(68(102)77-17-8-4-11-54(67(70)101)79-41-52(2)86)80-62(93)49-110-50-109-33-21-76-61(92)48-108-39-35-104-31-19-74-58(89)42-81-22-24-82(43-63(94)95)26-28-84(45-65(98)99)29-27-83(25-23-81)44-64(96)97;1-5-3-4-6-2;1-3-4(2)5;1-3-4-2;/h53-55,78-79H,3-50H2,1-2H3,(H2,69,100)(H2,70,101)(H,71,87)(H,72,90)(H,73,88)(H,74,89)(H,75,91)(H,76,92)(H,77,102)(H,80,93)(H,94,95)(H,96,97)(H,98,99);5H,3-4H2,1-2H3;3H2,1-2H3;3H,1,4H2,2H3;1H4/t53-,54+,55-;;;;/m0..../s1. The summed E-state index contributed by atoms with van der Waals surface area (Å²) in [6, 6.07) is -2.33. The van der Waals surface area contributed by atoms with E-state index in [1.54, 1.807) is 26.5 Å². The minimum Gasteiger partial charge on any atom is -0.480 e. The maximum Gasteiger partial charge on any atom is 0.317 e. The number of nitrogens with two attached hydrogens (primary N) is 2. The molecule has 0 bridgehead atoms. The highest BCUT2D eigenvalue weighted by atomic mass is 32.2. The van der Waals surface area contributed by atoms with Crippen molar-refractivity contribution in [2.24, 2.45) is 11.5 Å². The summed E-state index contributed by atoms with van der Waals surface area (Å²) in [6.07, 6.45) is 10.2. The Bertz CT molecular complexity index is 2980. The minimum atomic E-state index is -1.06. The van der Waals surface area contributed by atoms with Gasteiger partial charge in [-0.3, -0.25) is 102 Å². The zero-order valence-corrected chi connectivity index (χ0v) is 75.6. The first-order chi connectivity index (χ1) is 59.8. The van der Waals surface area contributed by atoms with Crippen molar-refractivity contribution in [3.63, 3.8) is 0 Å². The minimum absolute atomic E-state index is 0. The Hall–Kier alpha value is -8.39. The fourth-order valence-electron chi connectivity index (χ4n) is 10.4. The van der Waals surface area contributed by atoms with Crippen LogP contribution in [0, 0.1) is 0 Å². The smallest absolute Gasteiger partial charge is 0.317 e. The Morgan fingerprint density at radius 2 is 0.714 bits per heavy atom. The molecule has 1 heterocycles. The SMILES string of the molecule is C.C=CCC.CC(=O)CN[C@@H](CCCCNC(=O)COCCOCCNC(=O)COCCOCCNC(=O)CCCC(=O)NCCCC[C@H](NC(=O)COCOCCNC(=O)COCCOCCNC(=O)CN1CCN(CC(=O)O)CCN(CC(=O)O)CCN(CC(=O)O)CC1)C(=O)NCCCC[C@@H](NCC(C)=O)C(N)=O)C(N)=O.CCC(C)=O.CNCCSC. The quantitative estimate of drug-likeness (QED) is 0.0159. The first-order valence-corrected chi connectivity index (χ1v) is 43.8. The van der Waals surface area contributed by atoms with Crippen molar-refractivity contribution in [2.45, 2.75) is 150 Å². The number of carboxylic acids is 3. The van der Waals surface area contributed by atoms with Crippen LogP contribution in [0.15, 0.2) is 12.7 Å². The number of unbranched alkanes of at least 4 members (excludes halogenated alkanes) is 3. The molecule has 0 radical (unpaired) electrons. The number of thioether (sulfide) groups is 1. The molecule has 0 unspecified atom stereocenters. The van der Waals surface area contributed by atoms with Gasteiger partial charge in [0.05, 0.1) is 117 Å². The van der Waals surface area contributed by atoms with Gasteiger partial charge in [0, 0.05) is 130 Å². The summed E-state index contributed by atoms with van der Waals surface area (Å²) in [4.78, 5) is 198. The van der Waals surface area contributed by atoms with Gasteiger partial charge < -0.3 is 117 Å². The molecule has 730 valence electrons. The number of rotatable bonds is 73. The second-order valence-electron chi connectivity index (χ2n) is 28.4. The van der Waals surface area contributed by atoms with Crippen LogP contribution in [0.3, 0.4) is 0 Å². The number of hydrogen-bond donors (Lipinski definition) is 16. The van der Waals surface area contributed by atoms with E-state index < -0.39 is 72.2 Å². The normalized spacial score (nSPS) is 13.2. The largest absolute Gasteiger partial charge is 0.480 e. The first-order valence-electron chi connectivity index (χ1n) is 42.4. The van der Waals surface area contributed by atoms with Crippen LogP contribution >= 0.6 is 11.8 Å². The van der Waals surface area contributed by atoms with Gasteiger partial charge >= 0.3 is 17.9 Å². The van der Waals surface area contributed by atoms with E-state index in [4.69, 9.17) is 49.4 Å². The number of carboxylic acid groups (broad SMARTS) is 3. The van der Waals surface area contributed by atoms with E-state index in [1.807, 2.05) is 31.8 Å². The summed E-state index contributed by atoms with van der Waals surface area (Å²) in [6.45, 7) is 15.5. The number of ether oxygens (including phenoxy) is 8. The molecular formula is C81H153N17O27S. The number of aliphatic carboxylic acids is 3. The van der Waals surface area contributed by atoms with Gasteiger partial charge in [-0.1, -0.05) is 27.4 Å². The second kappa shape index (κ2) is 87.3. The number of nitrogens with one attached hydrogen (secondary N) is 11. The lowest BCUT2D eigenvalue weighted by molar-refractivity contribution is -0.140. The van der Waals surface area contributed by atoms with E-state index in [0.29, 0.717) is 64.3 Å². The number of allylic oxidation sites excluding steroid dienone is 1. The van der Waals surface area contributed by atoms with Gasteiger partial charge in [0.15, 0.2) is 0 Å². The number of carbonyl (C=O) groups is 16. The van der Waals surface area contributed by atoms with Gasteiger partial charge in [-0.25, -0.2) is 0 Å². The number of ketones is 3. The fourth-order valence-corrected chi connectivity index (χ4v) is 10.8. The van der Waals surface area contributed by atoms with Crippen molar-refractivity contribution < 1.29 is 130 Å². The van der Waals surface area contributed by atoms with Gasteiger partial charge in [-0.05, 0) is 105 Å². The molecule has 0 aromatic heterocycles. The van der Waals surface area contributed by atoms with E-state index in [0.717, 1.165) is 13.0 Å². The Morgan fingerprint density at radius 3 is 1.05 bits per heavy atom. The molecule has 10 amide bonds. The molecule has 45 heteroatoms. The van der Waals surface area contributed by atoms with Crippen LogP contribution in [0.25, 0.3) is 0 Å². The number of amides is 10. The summed E-state index contributed by atoms with van der Waals surface area (Å²) in [7, 11) is 1.97. The molecule has 18 N–H and O–H groups in total. The van der Waals surface area contributed by atoms with Crippen LogP contribution in [0.2, 0.25) is 0 Å². The lowest BCUT2D eigenvalue weighted by Gasteiger charge is -2.32. The van der Waals surface area contributed by atoms with Gasteiger partial charge in [0.2, 0.25) is 59.1 Å². The number of carbonyl (C=O) groups excluding carboxylic acids is 13. The molecule has 126 heavy (non-hydrogen) atoms. The highest BCUT2D eigenvalue weighted by Crippen LogP contribution is 2.07. The molecular weight excluding hydrogens is 1680 g/mol. The lowest BCUT2D eigenvalue weighted by Crippen LogP contribution is -2.50. The molecule has 1 aliphatic heterocycles.